The number of nitrogen functional groups attached to an aromatic ring is 1. The lowest BCUT2D eigenvalue weighted by atomic mass is 10.1. The molecule has 2 heterocycles. The van der Waals surface area contributed by atoms with Crippen LogP contribution in [0.4, 0.5) is 5.69 Å². The molecule has 1 unspecified atom stereocenters. The van der Waals surface area contributed by atoms with Crippen molar-refractivity contribution in [2.75, 3.05) is 39.0 Å². The van der Waals surface area contributed by atoms with E-state index in [0.29, 0.717) is 0 Å². The van der Waals surface area contributed by atoms with Gasteiger partial charge in [-0.25, -0.2) is 0 Å². The van der Waals surface area contributed by atoms with Gasteiger partial charge in [0.25, 0.3) is 0 Å². The number of hydrogen-bond donors (Lipinski definition) is 1. The van der Waals surface area contributed by atoms with E-state index in [-0.39, 0.29) is 0 Å². The van der Waals surface area contributed by atoms with Crippen LogP contribution in [0.2, 0.25) is 0 Å². The van der Waals surface area contributed by atoms with Crippen LogP contribution in [0.1, 0.15) is 31.2 Å². The Morgan fingerprint density at radius 3 is 2.76 bits per heavy atom. The van der Waals surface area contributed by atoms with Crippen LogP contribution < -0.4 is 10.5 Å². The van der Waals surface area contributed by atoms with Crippen LogP contribution in [0.25, 0.3) is 0 Å². The first-order valence-electron chi connectivity index (χ1n) is 8.15. The van der Waals surface area contributed by atoms with E-state index < -0.39 is 0 Å². The third-order valence-corrected chi connectivity index (χ3v) is 4.86. The fourth-order valence-corrected chi connectivity index (χ4v) is 3.67. The van der Waals surface area contributed by atoms with E-state index in [4.69, 9.17) is 10.5 Å². The van der Waals surface area contributed by atoms with E-state index in [0.717, 1.165) is 24.0 Å². The van der Waals surface area contributed by atoms with Gasteiger partial charge < -0.3 is 10.5 Å². The van der Waals surface area contributed by atoms with Gasteiger partial charge in [-0.3, -0.25) is 9.80 Å². The molecule has 4 heteroatoms. The molecule has 0 spiro atoms. The van der Waals surface area contributed by atoms with E-state index in [1.807, 2.05) is 12.1 Å². The predicted molar refractivity (Wildman–Crippen MR) is 86.5 cm³/mol. The van der Waals surface area contributed by atoms with Gasteiger partial charge in [-0.15, -0.1) is 0 Å². The minimum Gasteiger partial charge on any atom is -0.496 e. The lowest BCUT2D eigenvalue weighted by Gasteiger charge is -2.32. The highest BCUT2D eigenvalue weighted by Crippen LogP contribution is 2.26. The Bertz CT molecular complexity index is 471. The maximum Gasteiger partial charge on any atom is 0.125 e. The minimum atomic E-state index is 0.755. The molecule has 2 aliphatic rings. The zero-order chi connectivity index (χ0) is 14.7. The van der Waals surface area contributed by atoms with E-state index >= 15 is 0 Å². The number of benzene rings is 1. The second kappa shape index (κ2) is 6.67. The van der Waals surface area contributed by atoms with Gasteiger partial charge in [0.15, 0.2) is 0 Å². The van der Waals surface area contributed by atoms with Crippen molar-refractivity contribution in [1.82, 2.24) is 9.80 Å². The van der Waals surface area contributed by atoms with Crippen molar-refractivity contribution < 1.29 is 4.74 Å². The molecule has 0 amide bonds. The number of methoxy groups -OCH3 is 1. The molecule has 116 valence electrons. The SMILES string of the molecule is COc1cc(N)ccc1CN1CCC(N2CCCCC2)C1. The van der Waals surface area contributed by atoms with Crippen LogP contribution in [0.3, 0.4) is 0 Å². The van der Waals surface area contributed by atoms with E-state index in [2.05, 4.69) is 15.9 Å². The van der Waals surface area contributed by atoms with Gasteiger partial charge in [-0.2, -0.15) is 0 Å². The Morgan fingerprint density at radius 2 is 2.00 bits per heavy atom. The summed E-state index contributed by atoms with van der Waals surface area (Å²) in [5.41, 5.74) is 7.84. The molecule has 0 aromatic heterocycles. The van der Waals surface area contributed by atoms with Crippen molar-refractivity contribution in [2.45, 2.75) is 38.3 Å². The summed E-state index contributed by atoms with van der Waals surface area (Å²) in [6.07, 6.45) is 5.47. The number of nitrogens with zero attached hydrogens (tertiary/aromatic N) is 2. The van der Waals surface area contributed by atoms with Gasteiger partial charge in [0, 0.05) is 43.0 Å². The van der Waals surface area contributed by atoms with Crippen LogP contribution in [-0.2, 0) is 6.54 Å². The van der Waals surface area contributed by atoms with Gasteiger partial charge in [0.2, 0.25) is 0 Å². The molecule has 2 fully saturated rings. The number of piperidine rings is 1. The largest absolute Gasteiger partial charge is 0.496 e. The summed E-state index contributed by atoms with van der Waals surface area (Å²) in [6, 6.07) is 6.75. The summed E-state index contributed by atoms with van der Waals surface area (Å²) in [6.45, 7) is 5.93. The van der Waals surface area contributed by atoms with Crippen LogP contribution in [0.5, 0.6) is 5.75 Å². The summed E-state index contributed by atoms with van der Waals surface area (Å²) in [5, 5.41) is 0. The van der Waals surface area contributed by atoms with Crippen LogP contribution in [0, 0.1) is 0 Å². The number of ether oxygens (including phenoxy) is 1. The summed E-state index contributed by atoms with van der Waals surface area (Å²) in [7, 11) is 1.72. The minimum absolute atomic E-state index is 0.755. The third-order valence-electron chi connectivity index (χ3n) is 4.86. The van der Waals surface area contributed by atoms with E-state index in [1.54, 1.807) is 7.11 Å². The molecule has 0 radical (unpaired) electrons. The molecule has 0 aliphatic carbocycles. The highest BCUT2D eigenvalue weighted by atomic mass is 16.5. The first kappa shape index (κ1) is 14.7. The van der Waals surface area contributed by atoms with Crippen LogP contribution >= 0.6 is 0 Å². The standard InChI is InChI=1S/C17H27N3O/c1-21-17-11-15(18)6-5-14(17)12-19-10-7-16(13-19)20-8-3-2-4-9-20/h5-6,11,16H,2-4,7-10,12-13,18H2,1H3. The number of nitrogens with two attached hydrogens (primary N) is 1. The van der Waals surface area contributed by atoms with Crippen LogP contribution in [0.15, 0.2) is 18.2 Å². The first-order chi connectivity index (χ1) is 10.3. The number of anilines is 1. The fraction of sp³-hybridized carbons (Fsp3) is 0.647. The molecule has 2 N–H and O–H groups in total. The zero-order valence-corrected chi connectivity index (χ0v) is 13.1. The van der Waals surface area contributed by atoms with Gasteiger partial charge in [-0.1, -0.05) is 12.5 Å². The number of likely N-dealkylation sites (tertiary alicyclic amines) is 2. The topological polar surface area (TPSA) is 41.7 Å². The maximum absolute atomic E-state index is 5.83. The molecule has 1 aromatic rings. The molecular weight excluding hydrogens is 262 g/mol. The number of rotatable bonds is 4. The quantitative estimate of drug-likeness (QED) is 0.864. The van der Waals surface area contributed by atoms with Gasteiger partial charge in [0.1, 0.15) is 5.75 Å². The molecule has 0 bridgehead atoms. The smallest absolute Gasteiger partial charge is 0.125 e. The summed E-state index contributed by atoms with van der Waals surface area (Å²) < 4.78 is 5.46. The van der Waals surface area contributed by atoms with Crippen molar-refractivity contribution in [1.29, 1.82) is 0 Å². The van der Waals surface area contributed by atoms with E-state index in [9.17, 15) is 0 Å². The molecular formula is C17H27N3O. The number of hydrogen-bond acceptors (Lipinski definition) is 4. The molecule has 1 atom stereocenters. The molecule has 0 saturated carbocycles. The van der Waals surface area contributed by atoms with Gasteiger partial charge in [-0.05, 0) is 38.4 Å². The fourth-order valence-electron chi connectivity index (χ4n) is 3.67. The summed E-state index contributed by atoms with van der Waals surface area (Å²) in [5.74, 6) is 0.913. The molecule has 3 rings (SSSR count). The molecule has 1 aromatic carbocycles. The normalized spacial score (nSPS) is 24.3. The second-order valence-corrected chi connectivity index (χ2v) is 6.35. The van der Waals surface area contributed by atoms with Crippen molar-refractivity contribution in [3.8, 4) is 5.75 Å². The Kier molecular flexibility index (Phi) is 4.66. The monoisotopic (exact) mass is 289 g/mol. The highest BCUT2D eigenvalue weighted by molar-refractivity contribution is 5.48. The second-order valence-electron chi connectivity index (χ2n) is 6.35. The lowest BCUT2D eigenvalue weighted by Crippen LogP contribution is -2.40. The zero-order valence-electron chi connectivity index (χ0n) is 13.1. The molecule has 21 heavy (non-hydrogen) atoms. The third kappa shape index (κ3) is 3.50. The Balaban J connectivity index is 1.59. The molecule has 4 nitrogen and oxygen atoms in total. The highest BCUT2D eigenvalue weighted by Gasteiger charge is 2.28. The first-order valence-corrected chi connectivity index (χ1v) is 8.15. The Morgan fingerprint density at radius 1 is 1.19 bits per heavy atom. The predicted octanol–water partition coefficient (Wildman–Crippen LogP) is 2.34. The van der Waals surface area contributed by atoms with E-state index in [1.165, 1.54) is 57.4 Å². The average molecular weight is 289 g/mol. The van der Waals surface area contributed by atoms with Crippen molar-refractivity contribution in [3.63, 3.8) is 0 Å². The van der Waals surface area contributed by atoms with Gasteiger partial charge >= 0.3 is 0 Å². The van der Waals surface area contributed by atoms with Crippen molar-refractivity contribution >= 4 is 5.69 Å². The van der Waals surface area contributed by atoms with Crippen molar-refractivity contribution in [2.24, 2.45) is 0 Å². The van der Waals surface area contributed by atoms with Crippen molar-refractivity contribution in [3.05, 3.63) is 23.8 Å². The van der Waals surface area contributed by atoms with Crippen LogP contribution in [-0.4, -0.2) is 49.1 Å². The summed E-state index contributed by atoms with van der Waals surface area (Å²) >= 11 is 0. The Labute approximate surface area is 127 Å². The molecule has 2 aliphatic heterocycles. The molecule has 2 saturated heterocycles. The summed E-state index contributed by atoms with van der Waals surface area (Å²) in [4.78, 5) is 5.25. The van der Waals surface area contributed by atoms with Gasteiger partial charge in [0.05, 0.1) is 7.11 Å². The lowest BCUT2D eigenvalue weighted by molar-refractivity contribution is 0.161. The Hall–Kier alpha value is -1.26. The average Bonchev–Trinajstić information content (AvgIpc) is 2.98. The maximum atomic E-state index is 5.83.